The van der Waals surface area contributed by atoms with Crippen LogP contribution >= 0.6 is 0 Å². The summed E-state index contributed by atoms with van der Waals surface area (Å²) in [5.74, 6) is -0.888. The minimum absolute atomic E-state index is 0.0216. The first-order valence-electron chi connectivity index (χ1n) is 10.1. The molecule has 5 nitrogen and oxygen atoms in total. The Hall–Kier alpha value is -4.08. The number of aryl methyl sites for hydroxylation is 1. The number of hydrogen-bond donors (Lipinski definition) is 2. The van der Waals surface area contributed by atoms with Gasteiger partial charge in [-0.05, 0) is 41.8 Å². The number of hydrogen-bond acceptors (Lipinski definition) is 5. The molecule has 3 aromatic carbocycles. The number of benzene rings is 3. The van der Waals surface area contributed by atoms with E-state index in [4.69, 9.17) is 15.2 Å². The molecule has 3 N–H and O–H groups in total. The molecule has 2 atom stereocenters. The van der Waals surface area contributed by atoms with Crippen LogP contribution in [0.15, 0.2) is 83.8 Å². The molecular formula is C26H19FN2O3. The monoisotopic (exact) mass is 426 g/mol. The largest absolute Gasteiger partial charge is 0.460 e. The Morgan fingerprint density at radius 3 is 2.47 bits per heavy atom. The molecule has 0 amide bonds. The molecule has 0 spiro atoms. The average molecular weight is 426 g/mol. The molecule has 0 saturated carbocycles. The molecule has 2 unspecified atom stereocenters. The maximum atomic E-state index is 15.5. The van der Waals surface area contributed by atoms with Crippen molar-refractivity contribution in [3.8, 4) is 22.9 Å². The van der Waals surface area contributed by atoms with Crippen molar-refractivity contribution in [2.45, 2.75) is 19.1 Å². The molecule has 0 aliphatic carbocycles. The summed E-state index contributed by atoms with van der Waals surface area (Å²) in [5, 5.41) is 20.6. The summed E-state index contributed by atoms with van der Waals surface area (Å²) in [6, 6.07) is 21.6. The number of ether oxygens (including phenoxy) is 2. The van der Waals surface area contributed by atoms with Crippen molar-refractivity contribution < 1.29 is 19.0 Å². The Bertz CT molecular complexity index is 1350. The first-order chi connectivity index (χ1) is 15.5. The summed E-state index contributed by atoms with van der Waals surface area (Å²) < 4.78 is 26.9. The summed E-state index contributed by atoms with van der Waals surface area (Å²) in [6.45, 7) is 1.96. The zero-order chi connectivity index (χ0) is 22.4. The van der Waals surface area contributed by atoms with Crippen LogP contribution in [0.5, 0.6) is 5.75 Å². The van der Waals surface area contributed by atoms with Gasteiger partial charge in [-0.2, -0.15) is 5.26 Å². The van der Waals surface area contributed by atoms with Gasteiger partial charge in [0.15, 0.2) is 0 Å². The average Bonchev–Trinajstić information content (AvgIpc) is 2.79. The molecule has 0 radical (unpaired) electrons. The Balaban J connectivity index is 1.69. The summed E-state index contributed by atoms with van der Waals surface area (Å²) in [6.07, 6.45) is -1.42. The SMILES string of the molecule is Cc1ccccc1-c1ccc(C2C(C#N)=C(N)OC3=C2C(O)Oc2ccccc23)c(F)c1. The van der Waals surface area contributed by atoms with Gasteiger partial charge < -0.3 is 20.3 Å². The van der Waals surface area contributed by atoms with Gasteiger partial charge in [0, 0.05) is 5.56 Å². The van der Waals surface area contributed by atoms with Gasteiger partial charge in [-0.25, -0.2) is 4.39 Å². The van der Waals surface area contributed by atoms with Crippen molar-refractivity contribution in [3.63, 3.8) is 0 Å². The van der Waals surface area contributed by atoms with E-state index in [1.54, 1.807) is 36.4 Å². The van der Waals surface area contributed by atoms with Crippen LogP contribution in [-0.4, -0.2) is 11.4 Å². The molecule has 5 rings (SSSR count). The van der Waals surface area contributed by atoms with Gasteiger partial charge in [-0.3, -0.25) is 0 Å². The molecule has 2 heterocycles. The van der Waals surface area contributed by atoms with Crippen LogP contribution in [0.1, 0.15) is 22.6 Å². The minimum Gasteiger partial charge on any atom is -0.460 e. The van der Waals surface area contributed by atoms with Crippen molar-refractivity contribution in [2.24, 2.45) is 5.73 Å². The number of aliphatic hydroxyl groups excluding tert-OH is 1. The fourth-order valence-electron chi connectivity index (χ4n) is 4.33. The number of para-hydroxylation sites is 1. The highest BCUT2D eigenvalue weighted by atomic mass is 19.1. The highest BCUT2D eigenvalue weighted by molar-refractivity contribution is 5.76. The van der Waals surface area contributed by atoms with Gasteiger partial charge in [0.25, 0.3) is 0 Å². The van der Waals surface area contributed by atoms with E-state index < -0.39 is 18.0 Å². The molecule has 2 aliphatic heterocycles. The predicted octanol–water partition coefficient (Wildman–Crippen LogP) is 4.73. The fourth-order valence-corrected chi connectivity index (χ4v) is 4.33. The topological polar surface area (TPSA) is 88.5 Å². The highest BCUT2D eigenvalue weighted by Gasteiger charge is 2.42. The summed E-state index contributed by atoms with van der Waals surface area (Å²) in [7, 11) is 0. The van der Waals surface area contributed by atoms with Gasteiger partial charge in [-0.15, -0.1) is 0 Å². The number of allylic oxidation sites excluding steroid dienone is 1. The summed E-state index contributed by atoms with van der Waals surface area (Å²) >= 11 is 0. The summed E-state index contributed by atoms with van der Waals surface area (Å²) in [5.41, 5.74) is 9.77. The number of nitrogens with zero attached hydrogens (tertiary/aromatic N) is 1. The number of aliphatic hydroxyl groups is 1. The number of fused-ring (bicyclic) bond motifs is 2. The normalized spacial score (nSPS) is 19.4. The lowest BCUT2D eigenvalue weighted by atomic mass is 9.80. The van der Waals surface area contributed by atoms with Crippen molar-refractivity contribution >= 4 is 5.76 Å². The van der Waals surface area contributed by atoms with Gasteiger partial charge >= 0.3 is 0 Å². The molecule has 3 aromatic rings. The molecular weight excluding hydrogens is 407 g/mol. The number of halogens is 1. The van der Waals surface area contributed by atoms with E-state index in [1.165, 1.54) is 6.07 Å². The molecule has 0 aromatic heterocycles. The van der Waals surface area contributed by atoms with Crippen LogP contribution in [0, 0.1) is 24.1 Å². The van der Waals surface area contributed by atoms with Crippen molar-refractivity contribution in [3.05, 3.63) is 106 Å². The Labute approximate surface area is 184 Å². The molecule has 32 heavy (non-hydrogen) atoms. The summed E-state index contributed by atoms with van der Waals surface area (Å²) in [4.78, 5) is 0. The second kappa shape index (κ2) is 7.56. The number of nitriles is 1. The third-order valence-electron chi connectivity index (χ3n) is 5.86. The van der Waals surface area contributed by atoms with Crippen LogP contribution in [0.3, 0.4) is 0 Å². The molecule has 158 valence electrons. The first kappa shape index (κ1) is 19.9. The Morgan fingerprint density at radius 1 is 1.03 bits per heavy atom. The first-order valence-corrected chi connectivity index (χ1v) is 10.1. The fraction of sp³-hybridized carbons (Fsp3) is 0.115. The van der Waals surface area contributed by atoms with Crippen LogP contribution in [0.2, 0.25) is 0 Å². The number of rotatable bonds is 2. The number of nitrogens with two attached hydrogens (primary N) is 1. The van der Waals surface area contributed by atoms with E-state index in [0.29, 0.717) is 16.9 Å². The third kappa shape index (κ3) is 3.03. The minimum atomic E-state index is -1.42. The van der Waals surface area contributed by atoms with Crippen LogP contribution in [0.25, 0.3) is 16.9 Å². The lowest BCUT2D eigenvalue weighted by molar-refractivity contribution is 0.00458. The van der Waals surface area contributed by atoms with Gasteiger partial charge in [0.2, 0.25) is 12.2 Å². The Kier molecular flexibility index (Phi) is 4.69. The van der Waals surface area contributed by atoms with Crippen LogP contribution in [0.4, 0.5) is 4.39 Å². The predicted molar refractivity (Wildman–Crippen MR) is 117 cm³/mol. The lowest BCUT2D eigenvalue weighted by Crippen LogP contribution is -2.33. The van der Waals surface area contributed by atoms with E-state index in [9.17, 15) is 10.4 Å². The van der Waals surface area contributed by atoms with E-state index in [2.05, 4.69) is 0 Å². The van der Waals surface area contributed by atoms with E-state index >= 15 is 4.39 Å². The van der Waals surface area contributed by atoms with Crippen LogP contribution < -0.4 is 10.5 Å². The molecule has 2 aliphatic rings. The molecule has 0 bridgehead atoms. The van der Waals surface area contributed by atoms with E-state index in [1.807, 2.05) is 37.3 Å². The van der Waals surface area contributed by atoms with Crippen molar-refractivity contribution in [1.29, 1.82) is 5.26 Å². The van der Waals surface area contributed by atoms with Crippen molar-refractivity contribution in [1.82, 2.24) is 0 Å². The van der Waals surface area contributed by atoms with E-state index in [-0.39, 0.29) is 28.4 Å². The second-order valence-corrected chi connectivity index (χ2v) is 7.73. The standard InChI is InChI=1S/C26H19FN2O3/c1-14-6-2-3-7-16(14)15-10-11-17(20(27)12-15)22-19(13-28)25(29)32-24-18-8-4-5-9-21(18)31-26(30)23(22)24/h2-12,22,26,30H,29H2,1H3. The molecule has 0 fully saturated rings. The lowest BCUT2D eigenvalue weighted by Gasteiger charge is -2.35. The van der Waals surface area contributed by atoms with E-state index in [0.717, 1.165) is 11.1 Å². The maximum Gasteiger partial charge on any atom is 0.225 e. The van der Waals surface area contributed by atoms with Gasteiger partial charge in [0.05, 0.1) is 17.1 Å². The van der Waals surface area contributed by atoms with Gasteiger partial charge in [-0.1, -0.05) is 48.5 Å². The maximum absolute atomic E-state index is 15.5. The quantitative estimate of drug-likeness (QED) is 0.618. The zero-order valence-corrected chi connectivity index (χ0v) is 17.2. The smallest absolute Gasteiger partial charge is 0.225 e. The van der Waals surface area contributed by atoms with Gasteiger partial charge in [0.1, 0.15) is 29.0 Å². The zero-order valence-electron chi connectivity index (χ0n) is 17.2. The van der Waals surface area contributed by atoms with Crippen molar-refractivity contribution in [2.75, 3.05) is 0 Å². The highest BCUT2D eigenvalue weighted by Crippen LogP contribution is 2.49. The van der Waals surface area contributed by atoms with Crippen LogP contribution in [-0.2, 0) is 4.74 Å². The Morgan fingerprint density at radius 2 is 1.75 bits per heavy atom. The molecule has 0 saturated heterocycles. The third-order valence-corrected chi connectivity index (χ3v) is 5.86. The second-order valence-electron chi connectivity index (χ2n) is 7.73. The molecule has 6 heteroatoms.